The Hall–Kier alpha value is -5.27. The summed E-state index contributed by atoms with van der Waals surface area (Å²) in [5.41, 5.74) is 1.54. The average molecular weight is 978 g/mol. The van der Waals surface area contributed by atoms with E-state index < -0.39 is 58.6 Å². The van der Waals surface area contributed by atoms with Crippen molar-refractivity contribution in [1.29, 1.82) is 5.26 Å². The molecule has 2 unspecified atom stereocenters. The Balaban J connectivity index is 1.55. The number of nitrogens with one attached hydrogen (secondary N) is 1. The molecule has 14 nitrogen and oxygen atoms in total. The Morgan fingerprint density at radius 2 is 1.39 bits per heavy atom. The van der Waals surface area contributed by atoms with Crippen LogP contribution in [0.25, 0.3) is 0 Å². The van der Waals surface area contributed by atoms with Crippen LogP contribution in [0.4, 0.5) is 5.82 Å². The lowest BCUT2D eigenvalue weighted by Crippen LogP contribution is -2.50. The normalized spacial score (nSPS) is 18.1. The predicted molar refractivity (Wildman–Crippen MR) is 272 cm³/mol. The molecule has 5 atom stereocenters. The second kappa shape index (κ2) is 23.1. The first kappa shape index (κ1) is 53.1. The van der Waals surface area contributed by atoms with Crippen LogP contribution in [-0.2, 0) is 28.5 Å². The van der Waals surface area contributed by atoms with Gasteiger partial charge >= 0.3 is 5.69 Å². The summed E-state index contributed by atoms with van der Waals surface area (Å²) in [7, 11) is -1.32. The monoisotopic (exact) mass is 977 g/mol. The number of anilines is 1. The average Bonchev–Trinajstić information content (AvgIpc) is 3.65. The lowest BCUT2D eigenvalue weighted by Gasteiger charge is -2.42. The number of hydrogen-bond acceptors (Lipinski definition) is 12. The van der Waals surface area contributed by atoms with Crippen LogP contribution < -0.4 is 20.5 Å². The molecule has 1 aliphatic rings. The minimum absolute atomic E-state index is 0.0187. The third-order valence-electron chi connectivity index (χ3n) is 12.7. The number of hydrogen-bond donors (Lipinski definition) is 1. The Labute approximate surface area is 409 Å². The number of benzene rings is 4. The van der Waals surface area contributed by atoms with Gasteiger partial charge in [0, 0.05) is 29.4 Å². The molecule has 368 valence electrons. The molecule has 1 N–H and O–H groups in total. The molecule has 0 saturated carbocycles. The standard InChI is InChI=1S/C53H68N5O9PSi/c1-36(2)58(37(3)4)68(64-33-19-32-54)66-46-45(35-63-53(40-22-17-14-18-23-40,41-24-28-43(61-9)29-25-41)42-26-30-44(62-10)31-27-42)65-50(47(46)67-69(11,12)52(6,7)8)57-34-38(5)48(56-51(57)60)55-49(59)39-20-15-13-16-21-39/h13-18,20-31,34,36-37,45-47,50H,19,33,35H2,1-12H3,(H,55,56,59,60)/t45-,46?,47+,50-,68?/m1/s1. The third-order valence-corrected chi connectivity index (χ3v) is 19.3. The number of carbonyl (C=O) groups excluding carboxylic acids is 1. The zero-order chi connectivity index (χ0) is 50.1. The number of aromatic nitrogens is 2. The molecular weight excluding hydrogens is 910 g/mol. The topological polar surface area (TPSA) is 156 Å². The highest BCUT2D eigenvalue weighted by Crippen LogP contribution is 2.52. The van der Waals surface area contributed by atoms with Gasteiger partial charge in [-0.05, 0) is 106 Å². The van der Waals surface area contributed by atoms with E-state index in [0.29, 0.717) is 22.6 Å². The maximum atomic E-state index is 14.5. The Morgan fingerprint density at radius 1 is 0.855 bits per heavy atom. The summed E-state index contributed by atoms with van der Waals surface area (Å²) in [4.78, 5) is 32.2. The number of methoxy groups -OCH3 is 2. The fourth-order valence-corrected chi connectivity index (χ4v) is 11.2. The van der Waals surface area contributed by atoms with Gasteiger partial charge in [0.25, 0.3) is 14.4 Å². The van der Waals surface area contributed by atoms with Crippen molar-refractivity contribution in [3.63, 3.8) is 0 Å². The lowest BCUT2D eigenvalue weighted by atomic mass is 9.80. The summed E-state index contributed by atoms with van der Waals surface area (Å²) in [6, 6.07) is 36.5. The van der Waals surface area contributed by atoms with Gasteiger partial charge in [0.1, 0.15) is 41.2 Å². The SMILES string of the molecule is COc1ccc(C(OC[C@H]2O[C@@H](n3cc(C)c(NC(=O)c4ccccc4)nc3=O)[C@@H](O[Si](C)(C)C(C)(C)C)C2OP(OCCC#N)N(C(C)C)C(C)C)(c2ccccc2)c2ccc(OC)cc2)cc1. The van der Waals surface area contributed by atoms with Crippen LogP contribution in [-0.4, -0.2) is 86.3 Å². The number of amides is 1. The van der Waals surface area contributed by atoms with Gasteiger partial charge in [0.15, 0.2) is 14.5 Å². The van der Waals surface area contributed by atoms with E-state index in [-0.39, 0.29) is 42.6 Å². The van der Waals surface area contributed by atoms with Gasteiger partial charge in [-0.1, -0.05) is 93.6 Å². The molecule has 0 spiro atoms. The molecule has 1 saturated heterocycles. The number of rotatable bonds is 21. The highest BCUT2D eigenvalue weighted by atomic mass is 31.2. The first-order valence-corrected chi connectivity index (χ1v) is 27.4. The Kier molecular flexibility index (Phi) is 17.8. The minimum atomic E-state index is -2.71. The summed E-state index contributed by atoms with van der Waals surface area (Å²) in [5.74, 6) is 1.09. The van der Waals surface area contributed by atoms with E-state index in [2.05, 4.69) is 82.6 Å². The fourth-order valence-electron chi connectivity index (χ4n) is 8.16. The minimum Gasteiger partial charge on any atom is -0.497 e. The van der Waals surface area contributed by atoms with Crippen molar-refractivity contribution in [2.75, 3.05) is 32.8 Å². The number of nitrogens with zero attached hydrogens (tertiary/aromatic N) is 4. The van der Waals surface area contributed by atoms with Crippen molar-refractivity contribution >= 4 is 28.6 Å². The number of carbonyl (C=O) groups is 1. The largest absolute Gasteiger partial charge is 0.497 e. The summed E-state index contributed by atoms with van der Waals surface area (Å²) in [5, 5.41) is 12.2. The third kappa shape index (κ3) is 12.2. The molecule has 4 aromatic carbocycles. The summed E-state index contributed by atoms with van der Waals surface area (Å²) < 4.78 is 50.8. The predicted octanol–water partition coefficient (Wildman–Crippen LogP) is 10.8. The van der Waals surface area contributed by atoms with E-state index in [1.807, 2.05) is 84.9 Å². The molecule has 0 radical (unpaired) electrons. The molecule has 16 heteroatoms. The van der Waals surface area contributed by atoms with Gasteiger partial charge in [-0.2, -0.15) is 10.2 Å². The summed E-state index contributed by atoms with van der Waals surface area (Å²) in [6.07, 6.45) is -1.97. The Morgan fingerprint density at radius 3 is 1.90 bits per heavy atom. The Bertz CT molecular complexity index is 2490. The van der Waals surface area contributed by atoms with E-state index in [1.54, 1.807) is 51.6 Å². The lowest BCUT2D eigenvalue weighted by molar-refractivity contribution is -0.0943. The first-order chi connectivity index (χ1) is 32.8. The van der Waals surface area contributed by atoms with Gasteiger partial charge in [-0.15, -0.1) is 0 Å². The molecule has 2 heterocycles. The van der Waals surface area contributed by atoms with Crippen LogP contribution in [0.1, 0.15) is 93.7 Å². The van der Waals surface area contributed by atoms with Crippen LogP contribution in [0.15, 0.2) is 120 Å². The quantitative estimate of drug-likeness (QED) is 0.0322. The van der Waals surface area contributed by atoms with Gasteiger partial charge in [0.2, 0.25) is 0 Å². The first-order valence-electron chi connectivity index (χ1n) is 23.4. The molecule has 6 rings (SSSR count). The van der Waals surface area contributed by atoms with Crippen LogP contribution in [0.3, 0.4) is 0 Å². The van der Waals surface area contributed by atoms with Gasteiger partial charge in [0.05, 0.1) is 39.9 Å². The number of nitriles is 1. The van der Waals surface area contributed by atoms with Gasteiger partial charge in [-0.3, -0.25) is 9.36 Å². The molecule has 1 amide bonds. The highest BCUT2D eigenvalue weighted by Gasteiger charge is 2.54. The van der Waals surface area contributed by atoms with Crippen molar-refractivity contribution in [2.24, 2.45) is 0 Å². The second-order valence-corrected chi connectivity index (χ2v) is 25.3. The van der Waals surface area contributed by atoms with E-state index >= 15 is 0 Å². The molecular formula is C53H68N5O9PSi. The van der Waals surface area contributed by atoms with E-state index in [4.69, 9.17) is 32.4 Å². The zero-order valence-corrected chi connectivity index (χ0v) is 43.9. The number of aryl methyl sites for hydroxylation is 1. The van der Waals surface area contributed by atoms with E-state index in [0.717, 1.165) is 16.7 Å². The maximum absolute atomic E-state index is 14.5. The molecule has 1 fully saturated rings. The molecule has 1 aliphatic heterocycles. The smallest absolute Gasteiger partial charge is 0.351 e. The van der Waals surface area contributed by atoms with Gasteiger partial charge in [-0.25, -0.2) is 9.46 Å². The van der Waals surface area contributed by atoms with Crippen LogP contribution in [0.2, 0.25) is 18.1 Å². The van der Waals surface area contributed by atoms with Gasteiger partial charge < -0.3 is 37.7 Å². The molecule has 1 aromatic heterocycles. The summed E-state index contributed by atoms with van der Waals surface area (Å²) >= 11 is 0. The van der Waals surface area contributed by atoms with Crippen molar-refractivity contribution in [3.05, 3.63) is 154 Å². The second-order valence-electron chi connectivity index (χ2n) is 19.1. The van der Waals surface area contributed by atoms with Crippen LogP contribution in [0.5, 0.6) is 11.5 Å². The highest BCUT2D eigenvalue weighted by molar-refractivity contribution is 7.44. The van der Waals surface area contributed by atoms with Crippen molar-refractivity contribution in [3.8, 4) is 17.6 Å². The van der Waals surface area contributed by atoms with Crippen molar-refractivity contribution < 1.29 is 37.2 Å². The van der Waals surface area contributed by atoms with Crippen molar-refractivity contribution in [1.82, 2.24) is 14.2 Å². The van der Waals surface area contributed by atoms with E-state index in [9.17, 15) is 14.9 Å². The molecule has 0 aliphatic carbocycles. The van der Waals surface area contributed by atoms with Crippen LogP contribution >= 0.6 is 8.53 Å². The van der Waals surface area contributed by atoms with E-state index in [1.165, 1.54) is 4.57 Å². The number of ether oxygens (including phenoxy) is 4. The maximum Gasteiger partial charge on any atom is 0.351 e. The van der Waals surface area contributed by atoms with Crippen LogP contribution in [0, 0.1) is 18.3 Å². The summed E-state index contributed by atoms with van der Waals surface area (Å²) in [6.45, 7) is 20.9. The molecule has 0 bridgehead atoms. The molecule has 5 aromatic rings. The van der Waals surface area contributed by atoms with Crippen molar-refractivity contribution in [2.45, 2.75) is 122 Å². The molecule has 69 heavy (non-hydrogen) atoms. The zero-order valence-electron chi connectivity index (χ0n) is 42.0. The fraction of sp³-hybridized carbons (Fsp3) is 0.434.